The van der Waals surface area contributed by atoms with Crippen LogP contribution in [-0.4, -0.2) is 36.9 Å². The molecule has 1 heterocycles. The second kappa shape index (κ2) is 7.84. The van der Waals surface area contributed by atoms with E-state index in [1.54, 1.807) is 6.07 Å². The Bertz CT molecular complexity index is 1250. The van der Waals surface area contributed by atoms with E-state index in [4.69, 9.17) is 34.0 Å². The van der Waals surface area contributed by atoms with Gasteiger partial charge in [-0.2, -0.15) is 0 Å². The molecule has 0 bridgehead atoms. The quantitative estimate of drug-likeness (QED) is 0.537. The fraction of sp³-hybridized carbons (Fsp3) is 0.211. The summed E-state index contributed by atoms with van der Waals surface area (Å²) in [7, 11) is 6.89. The van der Waals surface area contributed by atoms with Gasteiger partial charge in [0.25, 0.3) is 9.05 Å². The average molecular weight is 441 g/mol. The third kappa shape index (κ3) is 3.70. The molecule has 0 aliphatic carbocycles. The third-order valence-corrected chi connectivity index (χ3v) is 5.58. The lowest BCUT2D eigenvalue weighted by molar-refractivity contribution is 0.388. The molecule has 0 atom stereocenters. The van der Waals surface area contributed by atoms with E-state index in [1.165, 1.54) is 52.7 Å². The Hall–Kier alpha value is -2.91. The van der Waals surface area contributed by atoms with Gasteiger partial charge in [0.1, 0.15) is 33.1 Å². The number of halogens is 1. The highest BCUT2D eigenvalue weighted by Crippen LogP contribution is 2.38. The topological polar surface area (TPSA) is 101 Å². The maximum Gasteiger partial charge on any atom is 0.265 e. The largest absolute Gasteiger partial charge is 0.496 e. The minimum atomic E-state index is -4.12. The lowest BCUT2D eigenvalue weighted by atomic mass is 10.1. The number of hydrogen-bond acceptors (Lipinski definition) is 8. The van der Waals surface area contributed by atoms with Crippen LogP contribution in [0.25, 0.3) is 22.3 Å². The van der Waals surface area contributed by atoms with Crippen molar-refractivity contribution in [3.05, 3.63) is 40.6 Å². The van der Waals surface area contributed by atoms with Crippen molar-refractivity contribution >= 4 is 30.7 Å². The predicted molar refractivity (Wildman–Crippen MR) is 107 cm³/mol. The first-order chi connectivity index (χ1) is 13.7. The molecule has 0 fully saturated rings. The zero-order valence-electron chi connectivity index (χ0n) is 15.9. The molecular weight excluding hydrogens is 424 g/mol. The Labute approximate surface area is 170 Å². The molecule has 0 aliphatic rings. The smallest absolute Gasteiger partial charge is 0.265 e. The molecular formula is C19H17ClO8S. The highest BCUT2D eigenvalue weighted by molar-refractivity contribution is 8.13. The Morgan fingerprint density at radius 2 is 1.59 bits per heavy atom. The molecule has 0 amide bonds. The minimum Gasteiger partial charge on any atom is -0.496 e. The van der Waals surface area contributed by atoms with Crippen molar-refractivity contribution in [3.63, 3.8) is 0 Å². The van der Waals surface area contributed by atoms with Gasteiger partial charge in [-0.1, -0.05) is 0 Å². The first-order valence-electron chi connectivity index (χ1n) is 8.15. The van der Waals surface area contributed by atoms with Crippen LogP contribution in [0.3, 0.4) is 0 Å². The maximum absolute atomic E-state index is 13.1. The number of benzene rings is 2. The summed E-state index contributed by atoms with van der Waals surface area (Å²) in [5.41, 5.74) is -0.0647. The van der Waals surface area contributed by atoms with Crippen LogP contribution in [0.4, 0.5) is 0 Å². The monoisotopic (exact) mass is 440 g/mol. The summed E-state index contributed by atoms with van der Waals surface area (Å²) in [5, 5.41) is 0.160. The lowest BCUT2D eigenvalue weighted by Crippen LogP contribution is -2.09. The van der Waals surface area contributed by atoms with Crippen molar-refractivity contribution in [1.29, 1.82) is 0 Å². The summed E-state index contributed by atoms with van der Waals surface area (Å²) < 4.78 is 50.6. The second-order valence-corrected chi connectivity index (χ2v) is 8.33. The molecule has 29 heavy (non-hydrogen) atoms. The lowest BCUT2D eigenvalue weighted by Gasteiger charge is -2.13. The van der Waals surface area contributed by atoms with E-state index >= 15 is 0 Å². The van der Waals surface area contributed by atoms with E-state index < -0.39 is 14.5 Å². The summed E-state index contributed by atoms with van der Waals surface area (Å²) in [5.74, 6) is 0.604. The van der Waals surface area contributed by atoms with Gasteiger partial charge < -0.3 is 23.4 Å². The first kappa shape index (κ1) is 20.8. The summed E-state index contributed by atoms with van der Waals surface area (Å²) in [6.45, 7) is 0. The van der Waals surface area contributed by atoms with Crippen molar-refractivity contribution < 1.29 is 31.8 Å². The van der Waals surface area contributed by atoms with Crippen molar-refractivity contribution in [2.45, 2.75) is 4.90 Å². The van der Waals surface area contributed by atoms with Gasteiger partial charge in [0, 0.05) is 28.4 Å². The van der Waals surface area contributed by atoms with Gasteiger partial charge in [-0.15, -0.1) is 0 Å². The molecule has 0 N–H and O–H groups in total. The number of methoxy groups -OCH3 is 4. The normalized spacial score (nSPS) is 11.3. The Balaban J connectivity index is 2.40. The van der Waals surface area contributed by atoms with Crippen molar-refractivity contribution in [2.24, 2.45) is 0 Å². The number of ether oxygens (including phenoxy) is 4. The summed E-state index contributed by atoms with van der Waals surface area (Å²) in [6, 6.07) is 7.23. The van der Waals surface area contributed by atoms with Gasteiger partial charge in [-0.25, -0.2) is 8.42 Å². The predicted octanol–water partition coefficient (Wildman–Crippen LogP) is 3.42. The molecule has 0 saturated heterocycles. The third-order valence-electron chi connectivity index (χ3n) is 4.24. The average Bonchev–Trinajstić information content (AvgIpc) is 2.71. The van der Waals surface area contributed by atoms with Crippen molar-refractivity contribution in [1.82, 2.24) is 0 Å². The number of rotatable bonds is 6. The van der Waals surface area contributed by atoms with E-state index in [2.05, 4.69) is 0 Å². The summed E-state index contributed by atoms with van der Waals surface area (Å²) in [6.07, 6.45) is 0. The van der Waals surface area contributed by atoms with E-state index in [0.29, 0.717) is 5.75 Å². The van der Waals surface area contributed by atoms with Crippen LogP contribution in [0.1, 0.15) is 0 Å². The molecule has 0 radical (unpaired) electrons. The van der Waals surface area contributed by atoms with E-state index in [9.17, 15) is 13.2 Å². The second-order valence-electron chi connectivity index (χ2n) is 5.80. The number of fused-ring (bicyclic) bond motifs is 1. The van der Waals surface area contributed by atoms with Gasteiger partial charge in [-0.3, -0.25) is 4.79 Å². The van der Waals surface area contributed by atoms with Gasteiger partial charge in [0.05, 0.1) is 28.4 Å². The molecule has 0 unspecified atom stereocenters. The van der Waals surface area contributed by atoms with E-state index in [1.807, 2.05) is 0 Å². The van der Waals surface area contributed by atoms with Crippen molar-refractivity contribution in [2.75, 3.05) is 28.4 Å². The summed E-state index contributed by atoms with van der Waals surface area (Å²) >= 11 is 0. The Morgan fingerprint density at radius 3 is 2.14 bits per heavy atom. The molecule has 8 nitrogen and oxygen atoms in total. The van der Waals surface area contributed by atoms with Crippen LogP contribution in [0.2, 0.25) is 0 Å². The highest BCUT2D eigenvalue weighted by atomic mass is 35.7. The maximum atomic E-state index is 13.1. The zero-order chi connectivity index (χ0) is 21.3. The zero-order valence-corrected chi connectivity index (χ0v) is 17.5. The molecule has 2 aromatic carbocycles. The minimum absolute atomic E-state index is 0.0181. The van der Waals surface area contributed by atoms with Gasteiger partial charge in [0.15, 0.2) is 5.76 Å². The van der Waals surface area contributed by atoms with Crippen LogP contribution in [-0.2, 0) is 9.05 Å². The van der Waals surface area contributed by atoms with Crippen LogP contribution in [0.5, 0.6) is 23.0 Å². The van der Waals surface area contributed by atoms with Crippen LogP contribution in [0, 0.1) is 0 Å². The summed E-state index contributed by atoms with van der Waals surface area (Å²) in [4.78, 5) is 12.8. The van der Waals surface area contributed by atoms with Crippen LogP contribution in [0.15, 0.2) is 44.4 Å². The highest BCUT2D eigenvalue weighted by Gasteiger charge is 2.24. The standard InChI is InChI=1S/C19H17ClO8S/c1-24-11-8-13(26-3)16-14(9-11)28-18(19(27-4)17(16)21)10-5-6-12(25-2)15(7-10)29(20,22)23/h5-9H,1-4H3. The van der Waals surface area contributed by atoms with Crippen LogP contribution < -0.4 is 24.4 Å². The molecule has 0 aliphatic heterocycles. The fourth-order valence-electron chi connectivity index (χ4n) is 2.91. The van der Waals surface area contributed by atoms with Crippen LogP contribution >= 0.6 is 10.7 Å². The molecule has 10 heteroatoms. The molecule has 3 rings (SSSR count). The number of hydrogen-bond donors (Lipinski definition) is 0. The van der Waals surface area contributed by atoms with E-state index in [0.717, 1.165) is 0 Å². The molecule has 0 spiro atoms. The first-order valence-corrected chi connectivity index (χ1v) is 10.5. The molecule has 154 valence electrons. The molecule has 0 saturated carbocycles. The van der Waals surface area contributed by atoms with Gasteiger partial charge >= 0.3 is 0 Å². The fourth-order valence-corrected chi connectivity index (χ4v) is 3.93. The van der Waals surface area contributed by atoms with Gasteiger partial charge in [0.2, 0.25) is 11.2 Å². The van der Waals surface area contributed by atoms with Gasteiger partial charge in [-0.05, 0) is 18.2 Å². The Morgan fingerprint density at radius 1 is 0.897 bits per heavy atom. The van der Waals surface area contributed by atoms with E-state index in [-0.39, 0.29) is 44.4 Å². The Kier molecular flexibility index (Phi) is 5.63. The molecule has 3 aromatic rings. The van der Waals surface area contributed by atoms with Crippen molar-refractivity contribution in [3.8, 4) is 34.3 Å². The molecule has 1 aromatic heterocycles. The SMILES string of the molecule is COc1cc(OC)c2c(=O)c(OC)c(-c3ccc(OC)c(S(=O)(=O)Cl)c3)oc2c1.